The van der Waals surface area contributed by atoms with Crippen LogP contribution in [0.25, 0.3) is 22.3 Å². The molecule has 11 heteroatoms. The molecule has 0 saturated heterocycles. The molecule has 0 N–H and O–H groups in total. The Balaban J connectivity index is 1.86. The van der Waals surface area contributed by atoms with Gasteiger partial charge < -0.3 is 18.9 Å². The van der Waals surface area contributed by atoms with Crippen LogP contribution < -0.4 is 10.5 Å². The van der Waals surface area contributed by atoms with E-state index in [4.69, 9.17) is 14.5 Å². The average molecular weight is 492 g/mol. The molecule has 5 rings (SSSR count). The lowest BCUT2D eigenvalue weighted by Gasteiger charge is -2.35. The van der Waals surface area contributed by atoms with E-state index in [9.17, 15) is 24.5 Å². The molecule has 1 aromatic carbocycles. The molecule has 0 spiro atoms. The Labute approximate surface area is 205 Å². The van der Waals surface area contributed by atoms with Gasteiger partial charge in [-0.1, -0.05) is 13.0 Å². The number of nitrogens with zero attached hydrogens (tertiary/aromatic N) is 4. The van der Waals surface area contributed by atoms with Crippen molar-refractivity contribution in [2.24, 2.45) is 0 Å². The van der Waals surface area contributed by atoms with E-state index in [-0.39, 0.29) is 41.9 Å². The fraction of sp³-hybridized carbons (Fsp3) is 0.360. The van der Waals surface area contributed by atoms with E-state index in [0.717, 1.165) is 0 Å². The maximum Gasteiger partial charge on any atom is 0.355 e. The Bertz CT molecular complexity index is 1540. The molecule has 186 valence electrons. The minimum absolute atomic E-state index is 0.0699. The number of rotatable bonds is 5. The van der Waals surface area contributed by atoms with Crippen molar-refractivity contribution in [3.05, 3.63) is 61.4 Å². The van der Waals surface area contributed by atoms with Crippen LogP contribution in [0.5, 0.6) is 0 Å². The summed E-state index contributed by atoms with van der Waals surface area (Å²) in [4.78, 5) is 56.6. The first-order valence-electron chi connectivity index (χ1n) is 11.6. The van der Waals surface area contributed by atoms with Crippen LogP contribution in [0.1, 0.15) is 43.9 Å². The molecule has 0 unspecified atom stereocenters. The highest BCUT2D eigenvalue weighted by Gasteiger charge is 2.50. The van der Waals surface area contributed by atoms with E-state index in [1.54, 1.807) is 25.1 Å². The van der Waals surface area contributed by atoms with Crippen LogP contribution in [0.4, 0.5) is 11.4 Å². The number of non-ortho nitro benzene ring substituents is 1. The van der Waals surface area contributed by atoms with Crippen molar-refractivity contribution in [2.75, 3.05) is 18.5 Å². The van der Waals surface area contributed by atoms with E-state index in [2.05, 4.69) is 0 Å². The highest BCUT2D eigenvalue weighted by molar-refractivity contribution is 6.03. The Morgan fingerprint density at radius 1 is 1.31 bits per heavy atom. The quantitative estimate of drug-likeness (QED) is 0.234. The topological polar surface area (TPSA) is 134 Å². The Morgan fingerprint density at radius 3 is 2.69 bits per heavy atom. The molecule has 3 aromatic rings. The molecular formula is C25H24N4O7. The second-order valence-corrected chi connectivity index (χ2v) is 8.89. The average Bonchev–Trinajstić information content (AvgIpc) is 3.21. The van der Waals surface area contributed by atoms with Crippen molar-refractivity contribution in [3.63, 3.8) is 0 Å². The van der Waals surface area contributed by atoms with E-state index >= 15 is 0 Å². The van der Waals surface area contributed by atoms with Gasteiger partial charge in [0.2, 0.25) is 5.60 Å². The van der Waals surface area contributed by atoms with Gasteiger partial charge in [0, 0.05) is 37.7 Å². The molecule has 0 aliphatic carbocycles. The van der Waals surface area contributed by atoms with Gasteiger partial charge in [0.15, 0.2) is 0 Å². The predicted octanol–water partition coefficient (Wildman–Crippen LogP) is 3.01. The molecule has 0 fully saturated rings. The predicted molar refractivity (Wildman–Crippen MR) is 130 cm³/mol. The molecule has 0 amide bonds. The van der Waals surface area contributed by atoms with E-state index < -0.39 is 22.5 Å². The minimum Gasteiger partial charge on any atom is -0.457 e. The maximum absolute atomic E-state index is 13.7. The Morgan fingerprint density at radius 2 is 2.06 bits per heavy atom. The largest absolute Gasteiger partial charge is 0.457 e. The number of carbonyl (C=O) groups is 2. The molecule has 4 heterocycles. The molecular weight excluding hydrogens is 468 g/mol. The first-order chi connectivity index (χ1) is 17.1. The number of anilines is 1. The second kappa shape index (κ2) is 8.14. The van der Waals surface area contributed by atoms with Crippen molar-refractivity contribution < 1.29 is 24.0 Å². The standard InChI is InChI=1S/C25H24N4O7/c1-5-25(36-13(3)30)16-10-19-21-14(11-28(19)23(31)15(16)12-35-24(25)32)22(27(4)6-2)20-17(26-21)8-7-9-18(20)29(33)34/h7-10H,5-6,11-12H2,1-4H3/t25-/m0/s1. The third-order valence-electron chi connectivity index (χ3n) is 7.00. The zero-order chi connectivity index (χ0) is 25.9. The number of nitro groups is 1. The fourth-order valence-corrected chi connectivity index (χ4v) is 5.22. The number of esters is 2. The van der Waals surface area contributed by atoms with E-state index in [1.807, 2.05) is 18.9 Å². The number of hydrogen-bond acceptors (Lipinski definition) is 9. The van der Waals surface area contributed by atoms with Crippen molar-refractivity contribution in [2.45, 2.75) is 45.9 Å². The van der Waals surface area contributed by atoms with Gasteiger partial charge in [-0.3, -0.25) is 19.7 Å². The van der Waals surface area contributed by atoms with E-state index in [1.165, 1.54) is 17.6 Å². The zero-order valence-electron chi connectivity index (χ0n) is 20.3. The van der Waals surface area contributed by atoms with Crippen molar-refractivity contribution in [3.8, 4) is 11.4 Å². The van der Waals surface area contributed by atoms with Crippen molar-refractivity contribution in [1.29, 1.82) is 0 Å². The Kier molecular flexibility index (Phi) is 5.31. The smallest absolute Gasteiger partial charge is 0.355 e. The summed E-state index contributed by atoms with van der Waals surface area (Å²) in [7, 11) is 1.83. The third-order valence-corrected chi connectivity index (χ3v) is 7.00. The summed E-state index contributed by atoms with van der Waals surface area (Å²) in [6.45, 7) is 5.27. The molecule has 2 aliphatic rings. The minimum atomic E-state index is -1.74. The summed E-state index contributed by atoms with van der Waals surface area (Å²) in [6.07, 6.45) is 0.0787. The number of pyridine rings is 2. The number of benzene rings is 1. The maximum atomic E-state index is 13.7. The van der Waals surface area contributed by atoms with Crippen LogP contribution in [-0.2, 0) is 37.8 Å². The number of hydrogen-bond donors (Lipinski definition) is 0. The fourth-order valence-electron chi connectivity index (χ4n) is 5.22. The molecule has 2 aliphatic heterocycles. The lowest BCUT2D eigenvalue weighted by Crippen LogP contribution is -2.47. The van der Waals surface area contributed by atoms with Gasteiger partial charge in [0.25, 0.3) is 11.2 Å². The highest BCUT2D eigenvalue weighted by atomic mass is 16.6. The molecule has 0 bridgehead atoms. The number of ether oxygens (including phenoxy) is 2. The van der Waals surface area contributed by atoms with Crippen LogP contribution in [0.15, 0.2) is 29.1 Å². The Hall–Kier alpha value is -4.28. The van der Waals surface area contributed by atoms with Crippen molar-refractivity contribution in [1.82, 2.24) is 9.55 Å². The molecule has 0 saturated carbocycles. The zero-order valence-corrected chi connectivity index (χ0v) is 20.3. The van der Waals surface area contributed by atoms with Crippen molar-refractivity contribution >= 4 is 34.2 Å². The van der Waals surface area contributed by atoms with Crippen LogP contribution in [0, 0.1) is 10.1 Å². The number of carbonyl (C=O) groups excluding carboxylic acids is 2. The summed E-state index contributed by atoms with van der Waals surface area (Å²) in [5.74, 6) is -1.41. The number of cyclic esters (lactones) is 1. The number of fused-ring (bicyclic) bond motifs is 5. The van der Waals surface area contributed by atoms with Gasteiger partial charge in [-0.05, 0) is 25.5 Å². The monoisotopic (exact) mass is 492 g/mol. The molecule has 36 heavy (non-hydrogen) atoms. The summed E-state index contributed by atoms with van der Waals surface area (Å²) >= 11 is 0. The van der Waals surface area contributed by atoms with Gasteiger partial charge >= 0.3 is 11.9 Å². The normalized spacial score (nSPS) is 17.7. The summed E-state index contributed by atoms with van der Waals surface area (Å²) in [6, 6.07) is 6.38. The van der Waals surface area contributed by atoms with Crippen LogP contribution in [-0.4, -0.2) is 40.0 Å². The van der Waals surface area contributed by atoms with Crippen LogP contribution in [0.3, 0.4) is 0 Å². The molecule has 11 nitrogen and oxygen atoms in total. The van der Waals surface area contributed by atoms with Crippen LogP contribution >= 0.6 is 0 Å². The first-order valence-corrected chi connectivity index (χ1v) is 11.6. The lowest BCUT2D eigenvalue weighted by molar-refractivity contribution is -0.383. The SMILES string of the molecule is CCN(C)c1c2c(nc3cccc([N+](=O)[O-])c13)-c1cc3c(c(=O)n1C2)COC(=O)[C@@]3(CC)OC(C)=O. The van der Waals surface area contributed by atoms with Gasteiger partial charge in [-0.2, -0.15) is 0 Å². The van der Waals surface area contributed by atoms with Gasteiger partial charge in [-0.15, -0.1) is 0 Å². The molecule has 0 radical (unpaired) electrons. The highest BCUT2D eigenvalue weighted by Crippen LogP contribution is 2.45. The van der Waals surface area contributed by atoms with Crippen LogP contribution in [0.2, 0.25) is 0 Å². The second-order valence-electron chi connectivity index (χ2n) is 8.89. The van der Waals surface area contributed by atoms with Gasteiger partial charge in [0.05, 0.1) is 39.6 Å². The molecule has 2 aromatic heterocycles. The summed E-state index contributed by atoms with van der Waals surface area (Å²) < 4.78 is 12.3. The number of aromatic nitrogens is 2. The van der Waals surface area contributed by atoms with E-state index in [0.29, 0.717) is 40.1 Å². The number of nitro benzene ring substituents is 1. The summed E-state index contributed by atoms with van der Waals surface area (Å²) in [5, 5.41) is 12.3. The molecule has 1 atom stereocenters. The van der Waals surface area contributed by atoms with Gasteiger partial charge in [-0.25, -0.2) is 9.78 Å². The third kappa shape index (κ3) is 3.11. The lowest BCUT2D eigenvalue weighted by atomic mass is 9.85. The first kappa shape index (κ1) is 23.5. The summed E-state index contributed by atoms with van der Waals surface area (Å²) in [5.41, 5.74) is 0.969. The van der Waals surface area contributed by atoms with Gasteiger partial charge in [0.1, 0.15) is 12.0 Å².